The summed E-state index contributed by atoms with van der Waals surface area (Å²) in [6.07, 6.45) is 3.39. The van der Waals surface area contributed by atoms with Crippen molar-refractivity contribution < 1.29 is 9.53 Å². The van der Waals surface area contributed by atoms with Gasteiger partial charge in [-0.25, -0.2) is 10.1 Å². The van der Waals surface area contributed by atoms with Gasteiger partial charge in [0.05, 0.1) is 27.0 Å². The van der Waals surface area contributed by atoms with E-state index in [1.807, 2.05) is 66.9 Å². The minimum atomic E-state index is -0.467. The SMILES string of the molecule is O=C(COc1cc(Cl)c(Cl)cc1Cl)NN=Cc1cn(-c2ccccc2)nc1-c1ccccc1. The van der Waals surface area contributed by atoms with Crippen LogP contribution in [0.5, 0.6) is 5.75 Å². The highest BCUT2D eigenvalue weighted by Crippen LogP contribution is 2.33. The predicted octanol–water partition coefficient (Wildman–Crippen LogP) is 6.03. The zero-order chi connectivity index (χ0) is 23.2. The monoisotopic (exact) mass is 498 g/mol. The van der Waals surface area contributed by atoms with E-state index in [0.717, 1.165) is 22.5 Å². The van der Waals surface area contributed by atoms with Gasteiger partial charge in [-0.05, 0) is 18.2 Å². The number of aromatic nitrogens is 2. The molecule has 0 saturated heterocycles. The minimum Gasteiger partial charge on any atom is -0.482 e. The smallest absolute Gasteiger partial charge is 0.277 e. The maximum absolute atomic E-state index is 12.2. The van der Waals surface area contributed by atoms with Crippen LogP contribution in [0.25, 0.3) is 16.9 Å². The number of nitrogens with zero attached hydrogens (tertiary/aromatic N) is 3. The van der Waals surface area contributed by atoms with Gasteiger partial charge in [0.1, 0.15) is 11.4 Å². The number of nitrogens with one attached hydrogen (secondary N) is 1. The summed E-state index contributed by atoms with van der Waals surface area (Å²) < 4.78 is 7.18. The first-order chi connectivity index (χ1) is 16.0. The molecule has 0 spiro atoms. The number of amides is 1. The first-order valence-corrected chi connectivity index (χ1v) is 10.9. The number of hydrogen-bond donors (Lipinski definition) is 1. The Hall–Kier alpha value is -3.32. The van der Waals surface area contributed by atoms with E-state index in [-0.39, 0.29) is 22.4 Å². The lowest BCUT2D eigenvalue weighted by atomic mass is 10.1. The van der Waals surface area contributed by atoms with E-state index in [9.17, 15) is 4.79 Å². The largest absolute Gasteiger partial charge is 0.482 e. The third-order valence-electron chi connectivity index (χ3n) is 4.54. The second kappa shape index (κ2) is 10.5. The van der Waals surface area contributed by atoms with Crippen LogP contribution in [0.3, 0.4) is 0 Å². The van der Waals surface area contributed by atoms with Crippen LogP contribution in [0.4, 0.5) is 0 Å². The Bertz CT molecular complexity index is 1290. The van der Waals surface area contributed by atoms with Crippen molar-refractivity contribution in [3.8, 4) is 22.7 Å². The fraction of sp³-hybridized carbons (Fsp3) is 0.0417. The van der Waals surface area contributed by atoms with Crippen LogP contribution < -0.4 is 10.2 Å². The van der Waals surface area contributed by atoms with Crippen molar-refractivity contribution in [1.82, 2.24) is 15.2 Å². The van der Waals surface area contributed by atoms with Gasteiger partial charge in [-0.2, -0.15) is 10.2 Å². The maximum atomic E-state index is 12.2. The summed E-state index contributed by atoms with van der Waals surface area (Å²) in [5.41, 5.74) is 5.74. The summed E-state index contributed by atoms with van der Waals surface area (Å²) in [6.45, 7) is -0.302. The van der Waals surface area contributed by atoms with Crippen molar-refractivity contribution in [2.45, 2.75) is 0 Å². The maximum Gasteiger partial charge on any atom is 0.277 e. The van der Waals surface area contributed by atoms with Crippen molar-refractivity contribution in [2.24, 2.45) is 5.10 Å². The van der Waals surface area contributed by atoms with E-state index in [2.05, 4.69) is 10.5 Å². The summed E-state index contributed by atoms with van der Waals surface area (Å²) in [6, 6.07) is 22.4. The molecule has 0 aliphatic heterocycles. The van der Waals surface area contributed by atoms with Gasteiger partial charge in [-0.15, -0.1) is 0 Å². The summed E-state index contributed by atoms with van der Waals surface area (Å²) in [5.74, 6) is -0.217. The van der Waals surface area contributed by atoms with Crippen molar-refractivity contribution in [3.63, 3.8) is 0 Å². The number of benzene rings is 3. The number of carbonyl (C=O) groups excluding carboxylic acids is 1. The number of carbonyl (C=O) groups is 1. The van der Waals surface area contributed by atoms with Crippen molar-refractivity contribution >= 4 is 46.9 Å². The predicted molar refractivity (Wildman–Crippen MR) is 132 cm³/mol. The van der Waals surface area contributed by atoms with Gasteiger partial charge in [0.2, 0.25) is 0 Å². The van der Waals surface area contributed by atoms with Gasteiger partial charge < -0.3 is 4.74 Å². The standard InChI is InChI=1S/C24H17Cl3N4O2/c25-19-11-21(27)22(12-20(19)26)33-15-23(32)29-28-13-17-14-31(18-9-5-2-6-10-18)30-24(17)16-7-3-1-4-8-16/h1-14H,15H2,(H,29,32). The zero-order valence-electron chi connectivity index (χ0n) is 17.1. The fourth-order valence-electron chi connectivity index (χ4n) is 2.98. The molecule has 3 aromatic carbocycles. The molecule has 1 aromatic heterocycles. The average molecular weight is 500 g/mol. The topological polar surface area (TPSA) is 68.5 Å². The van der Waals surface area contributed by atoms with E-state index >= 15 is 0 Å². The normalized spacial score (nSPS) is 11.0. The molecule has 0 fully saturated rings. The second-order valence-electron chi connectivity index (χ2n) is 6.86. The van der Waals surface area contributed by atoms with Gasteiger partial charge in [0.15, 0.2) is 6.61 Å². The average Bonchev–Trinajstić information content (AvgIpc) is 3.26. The molecule has 0 bridgehead atoms. The summed E-state index contributed by atoms with van der Waals surface area (Å²) in [5, 5.41) is 9.59. The van der Waals surface area contributed by atoms with E-state index in [1.165, 1.54) is 12.1 Å². The Kier molecular flexibility index (Phi) is 7.29. The molecular formula is C24H17Cl3N4O2. The van der Waals surface area contributed by atoms with E-state index in [0.29, 0.717) is 5.02 Å². The quantitative estimate of drug-likeness (QED) is 0.192. The molecule has 0 radical (unpaired) electrons. The highest BCUT2D eigenvalue weighted by atomic mass is 35.5. The summed E-state index contributed by atoms with van der Waals surface area (Å²) >= 11 is 17.9. The third-order valence-corrected chi connectivity index (χ3v) is 5.55. The Morgan fingerprint density at radius 1 is 0.970 bits per heavy atom. The van der Waals surface area contributed by atoms with Crippen LogP contribution in [0.1, 0.15) is 5.56 Å². The number of rotatable bonds is 7. The lowest BCUT2D eigenvalue weighted by molar-refractivity contribution is -0.123. The Morgan fingerprint density at radius 3 is 2.36 bits per heavy atom. The van der Waals surface area contributed by atoms with Crippen molar-refractivity contribution in [2.75, 3.05) is 6.61 Å². The zero-order valence-corrected chi connectivity index (χ0v) is 19.3. The molecule has 0 unspecified atom stereocenters. The van der Waals surface area contributed by atoms with Crippen LogP contribution in [0, 0.1) is 0 Å². The molecule has 1 heterocycles. The number of ether oxygens (including phenoxy) is 1. The molecule has 9 heteroatoms. The van der Waals surface area contributed by atoms with Crippen molar-refractivity contribution in [1.29, 1.82) is 0 Å². The third kappa shape index (κ3) is 5.73. The fourth-order valence-corrected chi connectivity index (χ4v) is 3.57. The van der Waals surface area contributed by atoms with E-state index in [1.54, 1.807) is 10.9 Å². The number of para-hydroxylation sites is 1. The number of hydrazone groups is 1. The number of halogens is 3. The highest BCUT2D eigenvalue weighted by molar-refractivity contribution is 6.43. The molecule has 0 aliphatic rings. The lowest BCUT2D eigenvalue weighted by Crippen LogP contribution is -2.24. The van der Waals surface area contributed by atoms with Gasteiger partial charge in [-0.1, -0.05) is 83.3 Å². The molecule has 1 amide bonds. The van der Waals surface area contributed by atoms with Crippen LogP contribution in [0.2, 0.25) is 15.1 Å². The molecule has 166 valence electrons. The van der Waals surface area contributed by atoms with Crippen LogP contribution in [-0.2, 0) is 4.79 Å². The van der Waals surface area contributed by atoms with Crippen LogP contribution >= 0.6 is 34.8 Å². The Balaban J connectivity index is 1.47. The minimum absolute atomic E-state index is 0.251. The highest BCUT2D eigenvalue weighted by Gasteiger charge is 2.12. The summed E-state index contributed by atoms with van der Waals surface area (Å²) in [7, 11) is 0. The van der Waals surface area contributed by atoms with Crippen molar-refractivity contribution in [3.05, 3.63) is 99.6 Å². The Morgan fingerprint density at radius 2 is 1.64 bits per heavy atom. The molecule has 4 rings (SSSR count). The molecule has 6 nitrogen and oxygen atoms in total. The summed E-state index contributed by atoms with van der Waals surface area (Å²) in [4.78, 5) is 12.2. The first-order valence-electron chi connectivity index (χ1n) is 9.81. The number of hydrogen-bond acceptors (Lipinski definition) is 4. The van der Waals surface area contributed by atoms with Gasteiger partial charge in [0.25, 0.3) is 5.91 Å². The van der Waals surface area contributed by atoms with Gasteiger partial charge in [0, 0.05) is 23.4 Å². The molecule has 0 saturated carbocycles. The lowest BCUT2D eigenvalue weighted by Gasteiger charge is -2.08. The van der Waals surface area contributed by atoms with E-state index in [4.69, 9.17) is 44.6 Å². The van der Waals surface area contributed by atoms with Gasteiger partial charge in [-0.3, -0.25) is 4.79 Å². The van der Waals surface area contributed by atoms with Gasteiger partial charge >= 0.3 is 0 Å². The second-order valence-corrected chi connectivity index (χ2v) is 8.08. The molecular weight excluding hydrogens is 483 g/mol. The molecule has 33 heavy (non-hydrogen) atoms. The molecule has 0 aliphatic carbocycles. The molecule has 1 N–H and O–H groups in total. The Labute approximate surface area is 205 Å². The van der Waals surface area contributed by atoms with Crippen LogP contribution in [-0.4, -0.2) is 28.5 Å². The first kappa shape index (κ1) is 22.9. The molecule has 4 aromatic rings. The van der Waals surface area contributed by atoms with E-state index < -0.39 is 5.91 Å². The van der Waals surface area contributed by atoms with Crippen LogP contribution in [0.15, 0.2) is 84.1 Å². The molecule has 0 atom stereocenters.